The molecule has 1 aromatic rings. The highest BCUT2D eigenvalue weighted by atomic mass is 35.5. The fraction of sp³-hybridized carbons (Fsp3) is 0.333. The van der Waals surface area contributed by atoms with Crippen molar-refractivity contribution in [2.75, 3.05) is 6.61 Å². The van der Waals surface area contributed by atoms with E-state index in [1.54, 1.807) is 0 Å². The van der Waals surface area contributed by atoms with Gasteiger partial charge in [-0.25, -0.2) is 0 Å². The van der Waals surface area contributed by atoms with Crippen LogP contribution in [0.3, 0.4) is 0 Å². The van der Waals surface area contributed by atoms with Crippen molar-refractivity contribution in [2.24, 2.45) is 5.73 Å². The summed E-state index contributed by atoms with van der Waals surface area (Å²) in [7, 11) is 0. The molecule has 0 radical (unpaired) electrons. The van der Waals surface area contributed by atoms with E-state index in [2.05, 4.69) is 6.58 Å². The van der Waals surface area contributed by atoms with Crippen LogP contribution in [0.4, 0.5) is 0 Å². The van der Waals surface area contributed by atoms with E-state index in [1.807, 2.05) is 30.3 Å². The zero-order valence-corrected chi connectivity index (χ0v) is 9.43. The van der Waals surface area contributed by atoms with Crippen LogP contribution in [-0.4, -0.2) is 12.1 Å². The van der Waals surface area contributed by atoms with E-state index >= 15 is 0 Å². The maximum absolute atomic E-state index is 5.91. The highest BCUT2D eigenvalue weighted by molar-refractivity contribution is 5.85. The number of ether oxygens (including phenoxy) is 1. The average Bonchev–Trinajstić information content (AvgIpc) is 2.95. The second-order valence-corrected chi connectivity index (χ2v) is 3.92. The summed E-state index contributed by atoms with van der Waals surface area (Å²) in [5.74, 6) is 0.882. The third kappa shape index (κ3) is 3.26. The minimum Gasteiger partial charge on any atom is -0.492 e. The second-order valence-electron chi connectivity index (χ2n) is 3.92. The number of hydrogen-bond donors (Lipinski definition) is 1. The molecule has 3 heteroatoms. The molecule has 0 aliphatic heterocycles. The molecular formula is C12H16ClNO. The molecule has 0 unspecified atom stereocenters. The third-order valence-electron chi connectivity index (χ3n) is 2.53. The van der Waals surface area contributed by atoms with Gasteiger partial charge in [0.25, 0.3) is 0 Å². The summed E-state index contributed by atoms with van der Waals surface area (Å²) in [5.41, 5.74) is 6.97. The summed E-state index contributed by atoms with van der Waals surface area (Å²) < 4.78 is 5.57. The summed E-state index contributed by atoms with van der Waals surface area (Å²) in [6.45, 7) is 4.32. The van der Waals surface area contributed by atoms with Crippen molar-refractivity contribution in [3.63, 3.8) is 0 Å². The molecule has 2 N–H and O–H groups in total. The van der Waals surface area contributed by atoms with E-state index in [0.29, 0.717) is 6.61 Å². The Hall–Kier alpha value is -0.990. The Balaban J connectivity index is 0.00000112. The van der Waals surface area contributed by atoms with E-state index in [1.165, 1.54) is 0 Å². The Morgan fingerprint density at radius 1 is 1.33 bits per heavy atom. The fourth-order valence-corrected chi connectivity index (χ4v) is 1.23. The van der Waals surface area contributed by atoms with Gasteiger partial charge in [-0.1, -0.05) is 24.8 Å². The molecule has 0 saturated heterocycles. The SMILES string of the molecule is C=Cc1ccc(OCC2(N)CC2)cc1.Cl. The Kier molecular flexibility index (Phi) is 3.77. The molecule has 1 aliphatic carbocycles. The van der Waals surface area contributed by atoms with Crippen LogP contribution < -0.4 is 10.5 Å². The van der Waals surface area contributed by atoms with Crippen molar-refractivity contribution >= 4 is 18.5 Å². The van der Waals surface area contributed by atoms with Gasteiger partial charge in [-0.3, -0.25) is 0 Å². The Morgan fingerprint density at radius 2 is 1.93 bits per heavy atom. The van der Waals surface area contributed by atoms with Crippen LogP contribution in [-0.2, 0) is 0 Å². The van der Waals surface area contributed by atoms with Gasteiger partial charge in [0.1, 0.15) is 12.4 Å². The van der Waals surface area contributed by atoms with Crippen molar-refractivity contribution in [3.05, 3.63) is 36.4 Å². The molecule has 0 spiro atoms. The number of nitrogens with two attached hydrogens (primary N) is 1. The fourth-order valence-electron chi connectivity index (χ4n) is 1.23. The van der Waals surface area contributed by atoms with E-state index in [-0.39, 0.29) is 17.9 Å². The zero-order valence-electron chi connectivity index (χ0n) is 8.61. The topological polar surface area (TPSA) is 35.2 Å². The minimum atomic E-state index is -0.0445. The molecule has 2 nitrogen and oxygen atoms in total. The third-order valence-corrected chi connectivity index (χ3v) is 2.53. The zero-order chi connectivity index (χ0) is 10.0. The van der Waals surface area contributed by atoms with Crippen LogP contribution in [0.25, 0.3) is 6.08 Å². The Labute approximate surface area is 96.5 Å². The van der Waals surface area contributed by atoms with Gasteiger partial charge in [-0.2, -0.15) is 0 Å². The standard InChI is InChI=1S/C12H15NO.ClH/c1-2-10-3-5-11(6-4-10)14-9-12(13)7-8-12;/h2-6H,1,7-9,13H2;1H. The lowest BCUT2D eigenvalue weighted by Crippen LogP contribution is -2.29. The number of hydrogen-bond acceptors (Lipinski definition) is 2. The number of rotatable bonds is 4. The van der Waals surface area contributed by atoms with E-state index < -0.39 is 0 Å². The van der Waals surface area contributed by atoms with Crippen molar-refractivity contribution in [1.29, 1.82) is 0 Å². The van der Waals surface area contributed by atoms with Crippen LogP contribution in [0.2, 0.25) is 0 Å². The molecule has 0 heterocycles. The summed E-state index contributed by atoms with van der Waals surface area (Å²) in [6.07, 6.45) is 3.98. The largest absolute Gasteiger partial charge is 0.492 e. The lowest BCUT2D eigenvalue weighted by molar-refractivity contribution is 0.279. The van der Waals surface area contributed by atoms with Crippen LogP contribution in [0.5, 0.6) is 5.75 Å². The minimum absolute atomic E-state index is 0. The predicted molar refractivity (Wildman–Crippen MR) is 65.4 cm³/mol. The van der Waals surface area contributed by atoms with Crippen LogP contribution in [0, 0.1) is 0 Å². The highest BCUT2D eigenvalue weighted by Crippen LogP contribution is 2.32. The second kappa shape index (κ2) is 4.69. The Morgan fingerprint density at radius 3 is 2.40 bits per heavy atom. The molecule has 82 valence electrons. The van der Waals surface area contributed by atoms with Gasteiger partial charge >= 0.3 is 0 Å². The first-order chi connectivity index (χ1) is 6.72. The van der Waals surface area contributed by atoms with Gasteiger partial charge in [0, 0.05) is 0 Å². The van der Waals surface area contributed by atoms with Crippen molar-refractivity contribution in [1.82, 2.24) is 0 Å². The first-order valence-corrected chi connectivity index (χ1v) is 4.86. The van der Waals surface area contributed by atoms with Gasteiger partial charge in [0.05, 0.1) is 5.54 Å². The van der Waals surface area contributed by atoms with E-state index in [9.17, 15) is 0 Å². The van der Waals surface area contributed by atoms with Crippen LogP contribution in [0.15, 0.2) is 30.8 Å². The molecule has 1 saturated carbocycles. The Bertz CT molecular complexity index is 330. The summed E-state index contributed by atoms with van der Waals surface area (Å²) >= 11 is 0. The number of benzene rings is 1. The molecule has 0 atom stereocenters. The maximum Gasteiger partial charge on any atom is 0.119 e. The molecule has 0 amide bonds. The smallest absolute Gasteiger partial charge is 0.119 e. The van der Waals surface area contributed by atoms with Crippen LogP contribution >= 0.6 is 12.4 Å². The summed E-state index contributed by atoms with van der Waals surface area (Å²) in [6, 6.07) is 7.86. The van der Waals surface area contributed by atoms with Gasteiger partial charge < -0.3 is 10.5 Å². The molecule has 1 aromatic carbocycles. The molecule has 15 heavy (non-hydrogen) atoms. The monoisotopic (exact) mass is 225 g/mol. The van der Waals surface area contributed by atoms with Crippen molar-refractivity contribution in [3.8, 4) is 5.75 Å². The first kappa shape index (κ1) is 12.1. The van der Waals surface area contributed by atoms with Crippen LogP contribution in [0.1, 0.15) is 18.4 Å². The molecule has 2 rings (SSSR count). The number of halogens is 1. The van der Waals surface area contributed by atoms with E-state index in [4.69, 9.17) is 10.5 Å². The molecule has 0 aromatic heterocycles. The van der Waals surface area contributed by atoms with Gasteiger partial charge in [0.2, 0.25) is 0 Å². The van der Waals surface area contributed by atoms with Gasteiger partial charge in [0.15, 0.2) is 0 Å². The summed E-state index contributed by atoms with van der Waals surface area (Å²) in [4.78, 5) is 0. The highest BCUT2D eigenvalue weighted by Gasteiger charge is 2.39. The first-order valence-electron chi connectivity index (χ1n) is 4.86. The molecule has 1 fully saturated rings. The lowest BCUT2D eigenvalue weighted by atomic mass is 10.2. The summed E-state index contributed by atoms with van der Waals surface area (Å²) in [5, 5.41) is 0. The van der Waals surface area contributed by atoms with Crippen molar-refractivity contribution in [2.45, 2.75) is 18.4 Å². The van der Waals surface area contributed by atoms with Gasteiger partial charge in [-0.15, -0.1) is 12.4 Å². The molecule has 0 bridgehead atoms. The van der Waals surface area contributed by atoms with E-state index in [0.717, 1.165) is 24.2 Å². The normalized spacial score (nSPS) is 16.3. The average molecular weight is 226 g/mol. The quantitative estimate of drug-likeness (QED) is 0.855. The predicted octanol–water partition coefficient (Wildman–Crippen LogP) is 2.62. The maximum atomic E-state index is 5.91. The van der Waals surface area contributed by atoms with Crippen molar-refractivity contribution < 1.29 is 4.74 Å². The van der Waals surface area contributed by atoms with Gasteiger partial charge in [-0.05, 0) is 30.5 Å². The molecule has 1 aliphatic rings. The lowest BCUT2D eigenvalue weighted by Gasteiger charge is -2.10. The molecular weight excluding hydrogens is 210 g/mol.